The number of aromatic nitrogens is 4. The average molecular weight is 450 g/mol. The van der Waals surface area contributed by atoms with E-state index in [0.29, 0.717) is 23.0 Å². The van der Waals surface area contributed by atoms with Crippen LogP contribution in [0.15, 0.2) is 53.7 Å². The lowest BCUT2D eigenvalue weighted by Crippen LogP contribution is -2.25. The molecule has 166 valence electrons. The van der Waals surface area contributed by atoms with Crippen molar-refractivity contribution >= 4 is 45.4 Å². The normalized spacial score (nSPS) is 12.2. The van der Waals surface area contributed by atoms with Gasteiger partial charge in [0.25, 0.3) is 0 Å². The van der Waals surface area contributed by atoms with Crippen molar-refractivity contribution in [3.63, 3.8) is 0 Å². The fourth-order valence-corrected chi connectivity index (χ4v) is 4.51. The van der Waals surface area contributed by atoms with Crippen LogP contribution in [0.4, 0.5) is 5.69 Å². The minimum Gasteiger partial charge on any atom is -0.495 e. The molecule has 2 heterocycles. The van der Waals surface area contributed by atoms with Crippen LogP contribution in [0.2, 0.25) is 0 Å². The number of ether oxygens (including phenoxy) is 1. The lowest BCUT2D eigenvalue weighted by atomic mass is 10.2. The van der Waals surface area contributed by atoms with E-state index in [1.54, 1.807) is 7.11 Å². The van der Waals surface area contributed by atoms with Crippen LogP contribution in [0.1, 0.15) is 33.1 Å². The van der Waals surface area contributed by atoms with Gasteiger partial charge in [0.05, 0.1) is 23.6 Å². The van der Waals surface area contributed by atoms with Gasteiger partial charge in [-0.2, -0.15) is 0 Å². The smallest absolute Gasteiger partial charge is 0.238 e. The highest BCUT2D eigenvalue weighted by Gasteiger charge is 2.22. The number of unbranched alkanes of at least 4 members (excludes halogenated alkanes) is 1. The molecule has 0 radical (unpaired) electrons. The molecule has 0 spiro atoms. The van der Waals surface area contributed by atoms with Crippen molar-refractivity contribution in [1.82, 2.24) is 19.7 Å². The van der Waals surface area contributed by atoms with E-state index in [9.17, 15) is 4.79 Å². The molecule has 2 aromatic heterocycles. The molecule has 1 atom stereocenters. The summed E-state index contributed by atoms with van der Waals surface area (Å²) in [6, 6.07) is 15.6. The van der Waals surface area contributed by atoms with Gasteiger partial charge in [0.1, 0.15) is 11.3 Å². The molecule has 8 heteroatoms. The highest BCUT2D eigenvalue weighted by atomic mass is 32.2. The Morgan fingerprint density at radius 1 is 1.12 bits per heavy atom. The molecule has 0 unspecified atom stereocenters. The van der Waals surface area contributed by atoms with Gasteiger partial charge in [-0.1, -0.05) is 62.4 Å². The van der Waals surface area contributed by atoms with E-state index in [-0.39, 0.29) is 11.2 Å². The number of anilines is 1. The van der Waals surface area contributed by atoms with Gasteiger partial charge in [0, 0.05) is 11.9 Å². The minimum atomic E-state index is -0.354. The summed E-state index contributed by atoms with van der Waals surface area (Å²) in [6.45, 7) is 5.02. The minimum absolute atomic E-state index is 0.114. The van der Waals surface area contributed by atoms with Crippen molar-refractivity contribution in [2.45, 2.75) is 50.1 Å². The Morgan fingerprint density at radius 3 is 2.69 bits per heavy atom. The van der Waals surface area contributed by atoms with E-state index >= 15 is 0 Å². The van der Waals surface area contributed by atoms with Crippen LogP contribution in [-0.2, 0) is 11.3 Å². The average Bonchev–Trinajstić information content (AvgIpc) is 3.14. The maximum atomic E-state index is 13.0. The number of para-hydroxylation sites is 3. The number of methoxy groups -OCH3 is 1. The quantitative estimate of drug-likeness (QED) is 0.349. The number of amides is 1. The first-order valence-electron chi connectivity index (χ1n) is 10.9. The topological polar surface area (TPSA) is 81.9 Å². The molecule has 0 aliphatic heterocycles. The Bertz CT molecular complexity index is 1240. The fraction of sp³-hybridized carbons (Fsp3) is 0.333. The molecule has 2 aromatic carbocycles. The van der Waals surface area contributed by atoms with Crippen molar-refractivity contribution in [2.75, 3.05) is 12.4 Å². The third-order valence-corrected chi connectivity index (χ3v) is 6.58. The highest BCUT2D eigenvalue weighted by molar-refractivity contribution is 8.00. The van der Waals surface area contributed by atoms with Crippen LogP contribution in [0.25, 0.3) is 22.1 Å². The first-order chi connectivity index (χ1) is 15.7. The van der Waals surface area contributed by atoms with Gasteiger partial charge >= 0.3 is 0 Å². The van der Waals surface area contributed by atoms with E-state index in [0.717, 1.165) is 41.5 Å². The fourth-order valence-electron chi connectivity index (χ4n) is 3.69. The second-order valence-electron chi connectivity index (χ2n) is 7.49. The van der Waals surface area contributed by atoms with Crippen molar-refractivity contribution < 1.29 is 9.53 Å². The zero-order valence-electron chi connectivity index (χ0n) is 18.5. The molecule has 0 saturated carbocycles. The summed E-state index contributed by atoms with van der Waals surface area (Å²) in [5, 5.41) is 13.0. The predicted molar refractivity (Wildman–Crippen MR) is 129 cm³/mol. The van der Waals surface area contributed by atoms with Gasteiger partial charge in [-0.3, -0.25) is 4.79 Å². The standard InChI is InChI=1S/C24H27N5O2S/c1-4-6-15-29-18-13-9-7-11-16(18)21-22(29)26-24(28-27-21)32-20(5-2)23(30)25-17-12-8-10-14-19(17)31-3/h7-14,20H,4-6,15H2,1-3H3,(H,25,30)/t20-/m0/s1. The highest BCUT2D eigenvalue weighted by Crippen LogP contribution is 2.30. The molecule has 0 aliphatic rings. The molecule has 1 amide bonds. The molecule has 32 heavy (non-hydrogen) atoms. The van der Waals surface area contributed by atoms with Crippen LogP contribution in [0.3, 0.4) is 0 Å². The van der Waals surface area contributed by atoms with Gasteiger partial charge < -0.3 is 14.6 Å². The maximum Gasteiger partial charge on any atom is 0.238 e. The Labute approximate surface area is 191 Å². The molecule has 4 aromatic rings. The number of benzene rings is 2. The number of aryl methyl sites for hydroxylation is 1. The van der Waals surface area contributed by atoms with Gasteiger partial charge in [-0.25, -0.2) is 4.98 Å². The summed E-state index contributed by atoms with van der Waals surface area (Å²) in [6.07, 6.45) is 2.78. The van der Waals surface area contributed by atoms with E-state index in [4.69, 9.17) is 9.72 Å². The third kappa shape index (κ3) is 4.41. The summed E-state index contributed by atoms with van der Waals surface area (Å²) in [7, 11) is 1.59. The maximum absolute atomic E-state index is 13.0. The molecular weight excluding hydrogens is 422 g/mol. The van der Waals surface area contributed by atoms with Crippen LogP contribution >= 0.6 is 11.8 Å². The molecule has 0 bridgehead atoms. The molecule has 0 fully saturated rings. The number of rotatable bonds is 9. The number of hydrogen-bond acceptors (Lipinski definition) is 6. The largest absolute Gasteiger partial charge is 0.495 e. The van der Waals surface area contributed by atoms with Gasteiger partial charge in [0.15, 0.2) is 5.65 Å². The van der Waals surface area contributed by atoms with Crippen LogP contribution in [-0.4, -0.2) is 38.0 Å². The van der Waals surface area contributed by atoms with Gasteiger partial charge in [-0.15, -0.1) is 10.2 Å². The molecule has 0 aliphatic carbocycles. The number of carbonyl (C=O) groups is 1. The van der Waals surface area contributed by atoms with Crippen LogP contribution in [0, 0.1) is 0 Å². The van der Waals surface area contributed by atoms with Gasteiger partial charge in [-0.05, 0) is 31.0 Å². The van der Waals surface area contributed by atoms with E-state index in [1.165, 1.54) is 11.8 Å². The van der Waals surface area contributed by atoms with Crippen LogP contribution < -0.4 is 10.1 Å². The first-order valence-corrected chi connectivity index (χ1v) is 11.8. The van der Waals surface area contributed by atoms with Crippen LogP contribution in [0.5, 0.6) is 5.75 Å². The number of nitrogens with zero attached hydrogens (tertiary/aromatic N) is 4. The van der Waals surface area contributed by atoms with Gasteiger partial charge in [0.2, 0.25) is 11.1 Å². The zero-order chi connectivity index (χ0) is 22.5. The second-order valence-corrected chi connectivity index (χ2v) is 8.66. The summed E-state index contributed by atoms with van der Waals surface area (Å²) >= 11 is 1.34. The summed E-state index contributed by atoms with van der Waals surface area (Å²) in [5.41, 5.74) is 3.37. The third-order valence-electron chi connectivity index (χ3n) is 5.37. The van der Waals surface area contributed by atoms with E-state index < -0.39 is 0 Å². The summed E-state index contributed by atoms with van der Waals surface area (Å²) in [5.74, 6) is 0.512. The van der Waals surface area contributed by atoms with Crippen molar-refractivity contribution in [2.24, 2.45) is 0 Å². The second kappa shape index (κ2) is 9.99. The van der Waals surface area contributed by atoms with E-state index in [2.05, 4.69) is 39.1 Å². The molecular formula is C24H27N5O2S. The molecule has 1 N–H and O–H groups in total. The molecule has 4 rings (SSSR count). The zero-order valence-corrected chi connectivity index (χ0v) is 19.4. The summed E-state index contributed by atoms with van der Waals surface area (Å²) < 4.78 is 7.55. The Balaban J connectivity index is 1.62. The predicted octanol–water partition coefficient (Wildman–Crippen LogP) is 5.30. The Kier molecular flexibility index (Phi) is 6.90. The lowest BCUT2D eigenvalue weighted by Gasteiger charge is -2.15. The Hall–Kier alpha value is -3.13. The SMILES string of the molecule is CCCCn1c2ccccc2c2nnc(S[C@@H](CC)C(=O)Nc3ccccc3OC)nc21. The number of carbonyl (C=O) groups excluding carboxylic acids is 1. The molecule has 7 nitrogen and oxygen atoms in total. The monoisotopic (exact) mass is 449 g/mol. The Morgan fingerprint density at radius 2 is 1.91 bits per heavy atom. The number of fused-ring (bicyclic) bond motifs is 3. The summed E-state index contributed by atoms with van der Waals surface area (Å²) in [4.78, 5) is 17.8. The molecule has 0 saturated heterocycles. The van der Waals surface area contributed by atoms with Crippen molar-refractivity contribution in [3.05, 3.63) is 48.5 Å². The van der Waals surface area contributed by atoms with Crippen molar-refractivity contribution in [1.29, 1.82) is 0 Å². The van der Waals surface area contributed by atoms with E-state index in [1.807, 2.05) is 43.3 Å². The number of nitrogens with one attached hydrogen (secondary N) is 1. The number of thioether (sulfide) groups is 1. The lowest BCUT2D eigenvalue weighted by molar-refractivity contribution is -0.115. The number of hydrogen-bond donors (Lipinski definition) is 1. The first kappa shape index (κ1) is 22.1. The van der Waals surface area contributed by atoms with Crippen molar-refractivity contribution in [3.8, 4) is 5.75 Å².